The molecule has 1 aliphatic rings. The number of carbonyl (C=O) groups is 1. The molecule has 0 bridgehead atoms. The number of thiazole rings is 1. The summed E-state index contributed by atoms with van der Waals surface area (Å²) >= 11 is 1.44. The summed E-state index contributed by atoms with van der Waals surface area (Å²) in [5.41, 5.74) is 0.790. The van der Waals surface area contributed by atoms with Gasteiger partial charge in [0.25, 0.3) is 11.5 Å². The highest BCUT2D eigenvalue weighted by molar-refractivity contribution is 7.15. The van der Waals surface area contributed by atoms with Crippen LogP contribution in [0.1, 0.15) is 21.1 Å². The lowest BCUT2D eigenvalue weighted by Crippen LogP contribution is -2.17. The molecule has 1 aliphatic heterocycles. The van der Waals surface area contributed by atoms with Crippen molar-refractivity contribution in [2.75, 3.05) is 5.32 Å². The van der Waals surface area contributed by atoms with Crippen LogP contribution in [0.2, 0.25) is 0 Å². The zero-order valence-corrected chi connectivity index (χ0v) is 10.0. The maximum Gasteiger partial charge on any atom is 0.277 e. The van der Waals surface area contributed by atoms with Gasteiger partial charge >= 0.3 is 0 Å². The van der Waals surface area contributed by atoms with Gasteiger partial charge in [0.05, 0.1) is 5.69 Å². The van der Waals surface area contributed by atoms with E-state index in [-0.39, 0.29) is 17.2 Å². The average Bonchev–Trinajstić information content (AvgIpc) is 2.90. The van der Waals surface area contributed by atoms with Crippen molar-refractivity contribution >= 4 is 22.4 Å². The third-order valence-corrected chi connectivity index (χ3v) is 3.50. The monoisotopic (exact) mass is 263 g/mol. The molecule has 0 unspecified atom stereocenters. The molecule has 0 saturated carbocycles. The molecule has 2 aromatic rings. The highest BCUT2D eigenvalue weighted by Crippen LogP contribution is 2.26. The van der Waals surface area contributed by atoms with Gasteiger partial charge in [-0.15, -0.1) is 11.3 Å². The summed E-state index contributed by atoms with van der Waals surface area (Å²) in [6.07, 6.45) is 0. The van der Waals surface area contributed by atoms with Crippen LogP contribution in [0.25, 0.3) is 0 Å². The van der Waals surface area contributed by atoms with Crippen molar-refractivity contribution in [2.45, 2.75) is 13.1 Å². The number of amides is 1. The molecule has 8 heteroatoms. The van der Waals surface area contributed by atoms with E-state index in [4.69, 9.17) is 0 Å². The molecule has 0 atom stereocenters. The van der Waals surface area contributed by atoms with Crippen LogP contribution in [0.4, 0.5) is 5.13 Å². The minimum Gasteiger partial charge on any atom is -0.306 e. The fraction of sp³-hybridized carbons (Fsp3) is 0.200. The number of hydrogen-bond donors (Lipinski definition) is 3. The lowest BCUT2D eigenvalue weighted by Gasteiger charge is -1.99. The summed E-state index contributed by atoms with van der Waals surface area (Å²) in [6, 6.07) is 2.63. The summed E-state index contributed by atoms with van der Waals surface area (Å²) in [4.78, 5) is 28.1. The Morgan fingerprint density at radius 2 is 2.28 bits per heavy atom. The lowest BCUT2D eigenvalue weighted by molar-refractivity contribution is 0.102. The Balaban J connectivity index is 1.77. The Kier molecular flexibility index (Phi) is 2.65. The van der Waals surface area contributed by atoms with E-state index in [9.17, 15) is 9.59 Å². The van der Waals surface area contributed by atoms with Crippen molar-refractivity contribution in [3.05, 3.63) is 38.8 Å². The number of H-pyrrole nitrogens is 1. The van der Waals surface area contributed by atoms with Gasteiger partial charge in [0, 0.05) is 24.0 Å². The molecule has 0 saturated heterocycles. The largest absolute Gasteiger partial charge is 0.306 e. The van der Waals surface area contributed by atoms with Gasteiger partial charge in [0.1, 0.15) is 5.69 Å². The minimum atomic E-state index is -0.383. The van der Waals surface area contributed by atoms with E-state index in [0.717, 1.165) is 23.7 Å². The zero-order chi connectivity index (χ0) is 12.5. The smallest absolute Gasteiger partial charge is 0.277 e. The average molecular weight is 263 g/mol. The summed E-state index contributed by atoms with van der Waals surface area (Å²) in [6.45, 7) is 1.53. The number of nitrogens with zero attached hydrogens (tertiary/aromatic N) is 2. The summed E-state index contributed by atoms with van der Waals surface area (Å²) < 4.78 is 0. The quantitative estimate of drug-likeness (QED) is 0.712. The first kappa shape index (κ1) is 11.1. The number of nitrogens with one attached hydrogen (secondary N) is 3. The molecule has 0 radical (unpaired) electrons. The molecule has 3 heterocycles. The van der Waals surface area contributed by atoms with Crippen LogP contribution in [0.3, 0.4) is 0 Å². The fourth-order valence-corrected chi connectivity index (χ4v) is 2.58. The summed E-state index contributed by atoms with van der Waals surface area (Å²) in [5.74, 6) is -0.383. The second kappa shape index (κ2) is 4.31. The van der Waals surface area contributed by atoms with Crippen LogP contribution in [0.5, 0.6) is 0 Å². The minimum absolute atomic E-state index is 0.156. The maximum atomic E-state index is 11.8. The first-order chi connectivity index (χ1) is 8.72. The predicted octanol–water partition coefficient (Wildman–Crippen LogP) is 0.0819. The van der Waals surface area contributed by atoms with Gasteiger partial charge in [0.2, 0.25) is 0 Å². The molecule has 0 fully saturated rings. The van der Waals surface area contributed by atoms with Gasteiger partial charge in [-0.2, -0.15) is 5.10 Å². The van der Waals surface area contributed by atoms with Crippen LogP contribution < -0.4 is 16.2 Å². The molecule has 92 valence electrons. The first-order valence-electron chi connectivity index (χ1n) is 5.29. The highest BCUT2D eigenvalue weighted by atomic mass is 32.1. The molecule has 18 heavy (non-hydrogen) atoms. The molecule has 7 nitrogen and oxygen atoms in total. The lowest BCUT2D eigenvalue weighted by atomic mass is 10.4. The highest BCUT2D eigenvalue weighted by Gasteiger charge is 2.18. The molecular weight excluding hydrogens is 254 g/mol. The van der Waals surface area contributed by atoms with E-state index in [2.05, 4.69) is 25.8 Å². The zero-order valence-electron chi connectivity index (χ0n) is 9.19. The van der Waals surface area contributed by atoms with E-state index >= 15 is 0 Å². The normalized spacial score (nSPS) is 13.3. The second-order valence-electron chi connectivity index (χ2n) is 3.75. The van der Waals surface area contributed by atoms with Crippen molar-refractivity contribution in [1.82, 2.24) is 20.5 Å². The Hall–Kier alpha value is -2.06. The molecule has 1 amide bonds. The maximum absolute atomic E-state index is 11.8. The van der Waals surface area contributed by atoms with Crippen molar-refractivity contribution in [1.29, 1.82) is 0 Å². The van der Waals surface area contributed by atoms with E-state index < -0.39 is 0 Å². The van der Waals surface area contributed by atoms with Gasteiger partial charge in [0.15, 0.2) is 5.13 Å². The first-order valence-corrected chi connectivity index (χ1v) is 6.10. The van der Waals surface area contributed by atoms with Gasteiger partial charge < -0.3 is 5.32 Å². The summed E-state index contributed by atoms with van der Waals surface area (Å²) in [7, 11) is 0. The number of fused-ring (bicyclic) bond motifs is 1. The van der Waals surface area contributed by atoms with E-state index in [1.807, 2.05) is 0 Å². The molecular formula is C10H9N5O2S. The molecule has 3 rings (SSSR count). The number of hydrogen-bond acceptors (Lipinski definition) is 6. The number of anilines is 1. The summed E-state index contributed by atoms with van der Waals surface area (Å²) in [5, 5.41) is 12.3. The number of aromatic amines is 1. The van der Waals surface area contributed by atoms with Gasteiger partial charge in [-0.1, -0.05) is 0 Å². The van der Waals surface area contributed by atoms with Gasteiger partial charge in [-0.05, 0) is 6.07 Å². The van der Waals surface area contributed by atoms with Gasteiger partial charge in [-0.3, -0.25) is 14.9 Å². The molecule has 0 aromatic carbocycles. The number of rotatable bonds is 2. The Morgan fingerprint density at radius 3 is 3.00 bits per heavy atom. The molecule has 2 aromatic heterocycles. The van der Waals surface area contributed by atoms with Crippen LogP contribution in [0.15, 0.2) is 16.9 Å². The second-order valence-corrected chi connectivity index (χ2v) is 4.84. The van der Waals surface area contributed by atoms with Crippen molar-refractivity contribution in [3.8, 4) is 0 Å². The number of aromatic nitrogens is 3. The Morgan fingerprint density at radius 1 is 1.39 bits per heavy atom. The van der Waals surface area contributed by atoms with E-state index in [1.165, 1.54) is 23.5 Å². The Labute approximate surface area is 105 Å². The van der Waals surface area contributed by atoms with Crippen LogP contribution in [-0.4, -0.2) is 21.1 Å². The van der Waals surface area contributed by atoms with E-state index in [1.54, 1.807) is 0 Å². The van der Waals surface area contributed by atoms with Gasteiger partial charge in [-0.25, -0.2) is 10.1 Å². The van der Waals surface area contributed by atoms with Crippen LogP contribution >= 0.6 is 11.3 Å². The van der Waals surface area contributed by atoms with Crippen molar-refractivity contribution in [3.63, 3.8) is 0 Å². The van der Waals surface area contributed by atoms with Crippen LogP contribution in [-0.2, 0) is 13.1 Å². The standard InChI is InChI=1S/C10H9N5O2S/c16-8-2-1-5(14-15-8)9(17)13-10-12-6-3-11-4-7(6)18-10/h1-2,11H,3-4H2,(H,15,16)(H,12,13,17). The molecule has 0 aliphatic carbocycles. The SMILES string of the molecule is O=C(Nc1nc2c(s1)CNC2)c1ccc(=O)[nH]n1. The van der Waals surface area contributed by atoms with E-state index in [0.29, 0.717) is 5.13 Å². The fourth-order valence-electron chi connectivity index (χ4n) is 1.64. The Bertz CT molecular complexity index is 621. The molecule has 3 N–H and O–H groups in total. The third-order valence-electron chi connectivity index (χ3n) is 2.49. The topological polar surface area (TPSA) is 99.8 Å². The van der Waals surface area contributed by atoms with Crippen LogP contribution in [0, 0.1) is 0 Å². The third kappa shape index (κ3) is 2.03. The number of carbonyl (C=O) groups excluding carboxylic acids is 1. The van der Waals surface area contributed by atoms with Crippen molar-refractivity contribution in [2.24, 2.45) is 0 Å². The van der Waals surface area contributed by atoms with Crippen molar-refractivity contribution < 1.29 is 4.79 Å². The molecule has 0 spiro atoms. The predicted molar refractivity (Wildman–Crippen MR) is 65.5 cm³/mol.